The van der Waals surface area contributed by atoms with Gasteiger partial charge in [-0.15, -0.1) is 0 Å². The number of ether oxygens (including phenoxy) is 2. The number of nitrogens with zero attached hydrogens (tertiary/aromatic N) is 3. The zero-order valence-electron chi connectivity index (χ0n) is 21.8. The third-order valence-electron chi connectivity index (χ3n) is 7.62. The monoisotopic (exact) mass is 555 g/mol. The fraction of sp³-hybridized carbons (Fsp3) is 0.345. The van der Waals surface area contributed by atoms with Crippen molar-refractivity contribution in [2.75, 3.05) is 36.6 Å². The molecule has 0 aliphatic carbocycles. The molecular formula is C29H28F3N3O5. The lowest BCUT2D eigenvalue weighted by Gasteiger charge is -2.39. The number of pyridine rings is 1. The van der Waals surface area contributed by atoms with Crippen molar-refractivity contribution in [3.05, 3.63) is 77.2 Å². The lowest BCUT2D eigenvalue weighted by molar-refractivity contribution is -0.152. The van der Waals surface area contributed by atoms with Crippen LogP contribution in [0.25, 0.3) is 0 Å². The van der Waals surface area contributed by atoms with Gasteiger partial charge in [-0.3, -0.25) is 9.59 Å². The molecule has 1 fully saturated rings. The zero-order chi connectivity index (χ0) is 28.4. The molecule has 210 valence electrons. The number of carboxylic acid groups (broad SMARTS) is 1. The molecule has 1 saturated heterocycles. The van der Waals surface area contributed by atoms with E-state index in [1.54, 1.807) is 36.3 Å². The van der Waals surface area contributed by atoms with Crippen LogP contribution in [0.4, 0.5) is 24.7 Å². The van der Waals surface area contributed by atoms with Gasteiger partial charge in [0.1, 0.15) is 35.2 Å². The van der Waals surface area contributed by atoms with Crippen LogP contribution in [-0.2, 0) is 22.6 Å². The van der Waals surface area contributed by atoms with E-state index in [0.29, 0.717) is 17.1 Å². The molecule has 3 aromatic rings. The SMILES string of the molecule is COc1ccc(CN2C(=O)CCc3c(OCC4(C(=O)O)CCN(c5ncc(F)cc5F)CC4)ccc(F)c32)cc1. The highest BCUT2D eigenvalue weighted by atomic mass is 19.1. The molecule has 0 unspecified atom stereocenters. The van der Waals surface area contributed by atoms with Crippen LogP contribution in [0.2, 0.25) is 0 Å². The molecule has 0 atom stereocenters. The van der Waals surface area contributed by atoms with Gasteiger partial charge in [-0.1, -0.05) is 12.1 Å². The minimum absolute atomic E-state index is 0.0319. The fourth-order valence-electron chi connectivity index (χ4n) is 5.25. The molecule has 1 amide bonds. The molecule has 1 aromatic heterocycles. The second-order valence-electron chi connectivity index (χ2n) is 10.0. The molecule has 0 bridgehead atoms. The van der Waals surface area contributed by atoms with Gasteiger partial charge in [-0.2, -0.15) is 0 Å². The number of aromatic nitrogens is 1. The summed E-state index contributed by atoms with van der Waals surface area (Å²) in [5.41, 5.74) is 0.142. The quantitative estimate of drug-likeness (QED) is 0.430. The Kier molecular flexibility index (Phi) is 7.55. The first-order valence-corrected chi connectivity index (χ1v) is 12.9. The molecule has 2 aromatic carbocycles. The summed E-state index contributed by atoms with van der Waals surface area (Å²) in [6.07, 6.45) is 1.58. The molecule has 8 nitrogen and oxygen atoms in total. The number of hydrogen-bond acceptors (Lipinski definition) is 6. The van der Waals surface area contributed by atoms with Gasteiger partial charge >= 0.3 is 5.97 Å². The number of amides is 1. The second-order valence-corrected chi connectivity index (χ2v) is 10.0. The first-order valence-electron chi connectivity index (χ1n) is 12.9. The van der Waals surface area contributed by atoms with E-state index >= 15 is 4.39 Å². The number of halogens is 3. The van der Waals surface area contributed by atoms with E-state index in [4.69, 9.17) is 9.47 Å². The summed E-state index contributed by atoms with van der Waals surface area (Å²) in [6, 6.07) is 10.5. The van der Waals surface area contributed by atoms with Gasteiger partial charge in [0.25, 0.3) is 0 Å². The third-order valence-corrected chi connectivity index (χ3v) is 7.62. The normalized spacial score (nSPS) is 16.4. The predicted molar refractivity (Wildman–Crippen MR) is 140 cm³/mol. The number of piperidine rings is 1. The number of aliphatic carboxylic acids is 1. The molecular weight excluding hydrogens is 527 g/mol. The Hall–Kier alpha value is -4.28. The minimum atomic E-state index is -1.28. The number of carboxylic acids is 1. The molecule has 3 heterocycles. The zero-order valence-corrected chi connectivity index (χ0v) is 21.8. The van der Waals surface area contributed by atoms with Gasteiger partial charge in [-0.25, -0.2) is 18.2 Å². The number of fused-ring (bicyclic) bond motifs is 1. The van der Waals surface area contributed by atoms with Crippen molar-refractivity contribution in [1.82, 2.24) is 4.98 Å². The van der Waals surface area contributed by atoms with E-state index in [-0.39, 0.29) is 69.3 Å². The van der Waals surface area contributed by atoms with E-state index in [1.165, 1.54) is 17.0 Å². The van der Waals surface area contributed by atoms with Gasteiger partial charge in [-0.05, 0) is 49.1 Å². The smallest absolute Gasteiger partial charge is 0.313 e. The first-order chi connectivity index (χ1) is 19.2. The summed E-state index contributed by atoms with van der Waals surface area (Å²) >= 11 is 0. The van der Waals surface area contributed by atoms with Crippen LogP contribution in [0.15, 0.2) is 48.7 Å². The summed E-state index contributed by atoms with van der Waals surface area (Å²) in [4.78, 5) is 32.0. The Balaban J connectivity index is 1.34. The van der Waals surface area contributed by atoms with E-state index in [1.807, 2.05) is 0 Å². The Morgan fingerprint density at radius 1 is 1.05 bits per heavy atom. The van der Waals surface area contributed by atoms with Gasteiger partial charge in [0.15, 0.2) is 11.6 Å². The second kappa shape index (κ2) is 11.1. The van der Waals surface area contributed by atoms with Crippen LogP contribution in [0, 0.1) is 22.9 Å². The van der Waals surface area contributed by atoms with Crippen LogP contribution in [-0.4, -0.2) is 48.8 Å². The number of anilines is 2. The van der Waals surface area contributed by atoms with Crippen LogP contribution < -0.4 is 19.3 Å². The van der Waals surface area contributed by atoms with Crippen molar-refractivity contribution in [3.63, 3.8) is 0 Å². The summed E-state index contributed by atoms with van der Waals surface area (Å²) in [6.45, 7) is 0.312. The van der Waals surface area contributed by atoms with Crippen LogP contribution in [0.5, 0.6) is 11.5 Å². The van der Waals surface area contributed by atoms with Crippen molar-refractivity contribution in [2.45, 2.75) is 32.2 Å². The Morgan fingerprint density at radius 3 is 2.42 bits per heavy atom. The number of rotatable bonds is 8. The molecule has 0 spiro atoms. The maximum Gasteiger partial charge on any atom is 0.313 e. The average Bonchev–Trinajstić information content (AvgIpc) is 2.95. The first kappa shape index (κ1) is 27.3. The van der Waals surface area contributed by atoms with Gasteiger partial charge in [0, 0.05) is 31.1 Å². The summed E-state index contributed by atoms with van der Waals surface area (Å²) < 4.78 is 53.8. The Morgan fingerprint density at radius 2 is 1.77 bits per heavy atom. The minimum Gasteiger partial charge on any atom is -0.497 e. The topological polar surface area (TPSA) is 92.2 Å². The van der Waals surface area contributed by atoms with Crippen molar-refractivity contribution >= 4 is 23.4 Å². The lowest BCUT2D eigenvalue weighted by atomic mass is 9.79. The molecule has 1 N–H and O–H groups in total. The maximum atomic E-state index is 15.1. The van der Waals surface area contributed by atoms with E-state index in [9.17, 15) is 23.5 Å². The molecule has 5 rings (SSSR count). The van der Waals surface area contributed by atoms with E-state index in [0.717, 1.165) is 17.8 Å². The maximum absolute atomic E-state index is 15.1. The number of carbonyl (C=O) groups excluding carboxylic acids is 1. The van der Waals surface area contributed by atoms with Gasteiger partial charge < -0.3 is 24.4 Å². The fourth-order valence-corrected chi connectivity index (χ4v) is 5.25. The van der Waals surface area contributed by atoms with Gasteiger partial charge in [0.05, 0.1) is 25.5 Å². The lowest BCUT2D eigenvalue weighted by Crippen LogP contribution is -2.48. The Labute approximate surface area is 228 Å². The van der Waals surface area contributed by atoms with Gasteiger partial charge in [0.2, 0.25) is 5.91 Å². The Bertz CT molecular complexity index is 1430. The number of hydrogen-bond donors (Lipinski definition) is 1. The predicted octanol–water partition coefficient (Wildman–Crippen LogP) is 4.74. The molecule has 40 heavy (non-hydrogen) atoms. The van der Waals surface area contributed by atoms with Crippen molar-refractivity contribution in [2.24, 2.45) is 5.41 Å². The molecule has 2 aliphatic rings. The van der Waals surface area contributed by atoms with Crippen molar-refractivity contribution in [1.29, 1.82) is 0 Å². The molecule has 2 aliphatic heterocycles. The number of benzene rings is 2. The van der Waals surface area contributed by atoms with Crippen molar-refractivity contribution in [3.8, 4) is 11.5 Å². The largest absolute Gasteiger partial charge is 0.497 e. The number of carbonyl (C=O) groups is 2. The number of methoxy groups -OCH3 is 1. The summed E-state index contributed by atoms with van der Waals surface area (Å²) in [7, 11) is 1.55. The van der Waals surface area contributed by atoms with Crippen LogP contribution >= 0.6 is 0 Å². The standard InChI is InChI=1S/C29H28F3N3O5/c1-39-20-4-2-18(3-5-20)16-35-25(36)9-6-21-24(8-7-22(31)26(21)35)40-17-29(28(37)38)10-12-34(13-11-29)27-23(32)14-19(30)15-33-27/h2-5,7-8,14-15H,6,9-13,16-17H2,1H3,(H,37,38). The summed E-state index contributed by atoms with van der Waals surface area (Å²) in [5, 5.41) is 10.1. The highest BCUT2D eigenvalue weighted by Crippen LogP contribution is 2.40. The highest BCUT2D eigenvalue weighted by Gasteiger charge is 2.43. The highest BCUT2D eigenvalue weighted by molar-refractivity contribution is 5.97. The molecule has 0 saturated carbocycles. The van der Waals surface area contributed by atoms with Crippen molar-refractivity contribution < 1.29 is 37.3 Å². The van der Waals surface area contributed by atoms with Crippen LogP contribution in [0.1, 0.15) is 30.4 Å². The molecule has 11 heteroatoms. The van der Waals surface area contributed by atoms with Crippen LogP contribution in [0.3, 0.4) is 0 Å². The van der Waals surface area contributed by atoms with E-state index in [2.05, 4.69) is 4.98 Å². The summed E-state index contributed by atoms with van der Waals surface area (Å²) in [5.74, 6) is -2.52. The average molecular weight is 556 g/mol. The van der Waals surface area contributed by atoms with E-state index < -0.39 is 28.8 Å². The third kappa shape index (κ3) is 5.28. The molecule has 0 radical (unpaired) electrons.